The minimum absolute atomic E-state index is 0.332. The summed E-state index contributed by atoms with van der Waals surface area (Å²) in [7, 11) is 0. The van der Waals surface area contributed by atoms with Crippen molar-refractivity contribution in [3.05, 3.63) is 77.4 Å². The molecule has 0 N–H and O–H groups in total. The van der Waals surface area contributed by atoms with E-state index in [0.29, 0.717) is 41.6 Å². The lowest BCUT2D eigenvalue weighted by molar-refractivity contribution is 0.0997. The van der Waals surface area contributed by atoms with Crippen LogP contribution in [-0.4, -0.2) is 33.5 Å². The topological polar surface area (TPSA) is 70.6 Å². The van der Waals surface area contributed by atoms with Crippen LogP contribution in [0.25, 0.3) is 15.9 Å². The summed E-state index contributed by atoms with van der Waals surface area (Å²) in [5.74, 6) is 1.08. The maximum Gasteiger partial charge on any atom is 0.283 e. The van der Waals surface area contributed by atoms with Crippen molar-refractivity contribution < 1.29 is 14.3 Å². The summed E-state index contributed by atoms with van der Waals surface area (Å²) >= 11 is 1.43. The number of benzene rings is 2. The molecule has 3 heterocycles. The number of nitrogens with zero attached hydrogens (tertiary/aromatic N) is 4. The van der Waals surface area contributed by atoms with Gasteiger partial charge in [0.2, 0.25) is 0 Å². The number of hydrogen-bond donors (Lipinski definition) is 0. The molecule has 0 atom stereocenters. The van der Waals surface area contributed by atoms with Crippen molar-refractivity contribution in [2.24, 2.45) is 4.99 Å². The Kier molecular flexibility index (Phi) is 4.91. The van der Waals surface area contributed by atoms with Crippen molar-refractivity contribution in [1.82, 2.24) is 14.3 Å². The molecule has 0 bridgehead atoms. The number of aromatic nitrogens is 3. The summed E-state index contributed by atoms with van der Waals surface area (Å²) in [6.45, 7) is 7.28. The van der Waals surface area contributed by atoms with Crippen molar-refractivity contribution >= 4 is 27.5 Å². The van der Waals surface area contributed by atoms with Crippen molar-refractivity contribution in [2.45, 2.75) is 13.5 Å². The number of amides is 1. The number of ether oxygens (including phenoxy) is 2. The minimum atomic E-state index is -0.332. The van der Waals surface area contributed by atoms with Crippen molar-refractivity contribution in [3.63, 3.8) is 0 Å². The molecular weight excluding hydrogens is 412 g/mol. The van der Waals surface area contributed by atoms with E-state index in [0.717, 1.165) is 21.6 Å². The van der Waals surface area contributed by atoms with Gasteiger partial charge in [0.1, 0.15) is 13.2 Å². The third-order valence-corrected chi connectivity index (χ3v) is 6.14. The highest BCUT2D eigenvalue weighted by molar-refractivity contribution is 7.16. The van der Waals surface area contributed by atoms with Gasteiger partial charge in [-0.1, -0.05) is 35.6 Å². The lowest BCUT2D eigenvalue weighted by Crippen LogP contribution is -2.17. The van der Waals surface area contributed by atoms with Crippen LogP contribution in [0.1, 0.15) is 16.1 Å². The van der Waals surface area contributed by atoms with E-state index >= 15 is 0 Å². The first kappa shape index (κ1) is 19.3. The van der Waals surface area contributed by atoms with Crippen LogP contribution in [0, 0.1) is 6.92 Å². The largest absolute Gasteiger partial charge is 0.486 e. The first-order chi connectivity index (χ1) is 15.2. The Balaban J connectivity index is 1.59. The van der Waals surface area contributed by atoms with Gasteiger partial charge in [-0.25, -0.2) is 4.68 Å². The predicted molar refractivity (Wildman–Crippen MR) is 119 cm³/mol. The van der Waals surface area contributed by atoms with Gasteiger partial charge in [-0.3, -0.25) is 4.79 Å². The number of carbonyl (C=O) groups is 1. The number of thiazole rings is 1. The molecule has 0 aliphatic carbocycles. The molecule has 31 heavy (non-hydrogen) atoms. The van der Waals surface area contributed by atoms with Crippen LogP contribution < -0.4 is 14.3 Å². The van der Waals surface area contributed by atoms with Crippen LogP contribution in [0.4, 0.5) is 0 Å². The summed E-state index contributed by atoms with van der Waals surface area (Å²) in [6, 6.07) is 13.6. The van der Waals surface area contributed by atoms with Crippen LogP contribution in [0.2, 0.25) is 0 Å². The average molecular weight is 433 g/mol. The van der Waals surface area contributed by atoms with E-state index in [4.69, 9.17) is 9.47 Å². The molecule has 0 fully saturated rings. The van der Waals surface area contributed by atoms with Gasteiger partial charge >= 0.3 is 0 Å². The normalized spacial score (nSPS) is 13.5. The lowest BCUT2D eigenvalue weighted by atomic mass is 10.2. The molecule has 0 saturated heterocycles. The summed E-state index contributed by atoms with van der Waals surface area (Å²) in [6.07, 6.45) is 3.35. The molecule has 0 radical (unpaired) electrons. The SMILES string of the molecule is C=CCn1c(=NC(=O)c2cnn(-c3ccccc3)c2C)sc2cc3c(cc21)OCCO3. The molecule has 7 nitrogen and oxygen atoms in total. The summed E-state index contributed by atoms with van der Waals surface area (Å²) < 4.78 is 16.1. The first-order valence-electron chi connectivity index (χ1n) is 9.88. The van der Waals surface area contributed by atoms with Gasteiger partial charge in [0.15, 0.2) is 16.3 Å². The molecule has 0 spiro atoms. The molecule has 1 aliphatic rings. The minimum Gasteiger partial charge on any atom is -0.486 e. The van der Waals surface area contributed by atoms with Crippen LogP contribution in [0.5, 0.6) is 11.5 Å². The zero-order valence-electron chi connectivity index (χ0n) is 16.9. The summed E-state index contributed by atoms with van der Waals surface area (Å²) in [4.78, 5) is 18.1. The second-order valence-corrected chi connectivity index (χ2v) is 8.06. The Bertz CT molecular complexity index is 1360. The Labute approximate surface area is 182 Å². The molecule has 0 unspecified atom stereocenters. The molecule has 5 rings (SSSR count). The van der Waals surface area contributed by atoms with E-state index < -0.39 is 0 Å². The van der Waals surface area contributed by atoms with E-state index in [-0.39, 0.29) is 5.91 Å². The average Bonchev–Trinajstić information content (AvgIpc) is 3.33. The zero-order chi connectivity index (χ0) is 21.4. The maximum absolute atomic E-state index is 13.1. The molecule has 1 aliphatic heterocycles. The fraction of sp³-hybridized carbons (Fsp3) is 0.174. The number of rotatable bonds is 4. The first-order valence-corrected chi connectivity index (χ1v) is 10.7. The van der Waals surface area contributed by atoms with E-state index in [2.05, 4.69) is 16.7 Å². The highest BCUT2D eigenvalue weighted by Gasteiger charge is 2.18. The highest BCUT2D eigenvalue weighted by atomic mass is 32.1. The maximum atomic E-state index is 13.1. The smallest absolute Gasteiger partial charge is 0.283 e. The molecule has 8 heteroatoms. The van der Waals surface area contributed by atoms with Gasteiger partial charge in [-0.2, -0.15) is 10.1 Å². The van der Waals surface area contributed by atoms with E-state index in [1.165, 1.54) is 11.3 Å². The Hall–Kier alpha value is -3.65. The van der Waals surface area contributed by atoms with Gasteiger partial charge < -0.3 is 14.0 Å². The second kappa shape index (κ2) is 7.88. The molecule has 1 amide bonds. The fourth-order valence-electron chi connectivity index (χ4n) is 3.59. The van der Waals surface area contributed by atoms with Gasteiger partial charge in [0.25, 0.3) is 5.91 Å². The van der Waals surface area contributed by atoms with E-state index in [1.54, 1.807) is 17.0 Å². The van der Waals surface area contributed by atoms with Crippen LogP contribution in [0.3, 0.4) is 0 Å². The predicted octanol–water partition coefficient (Wildman–Crippen LogP) is 3.90. The lowest BCUT2D eigenvalue weighted by Gasteiger charge is -2.18. The standard InChI is InChI=1S/C23H20N4O3S/c1-3-9-26-18-12-19-20(30-11-10-29-19)13-21(18)31-23(26)25-22(28)17-14-24-27(15(17)2)16-7-5-4-6-8-16/h3-8,12-14H,1,9-11H2,2H3. The monoisotopic (exact) mass is 432 g/mol. The van der Waals surface area contributed by atoms with Gasteiger partial charge in [0, 0.05) is 18.7 Å². The summed E-state index contributed by atoms with van der Waals surface area (Å²) in [5, 5.41) is 4.39. The van der Waals surface area contributed by atoms with Crippen molar-refractivity contribution in [1.29, 1.82) is 0 Å². The number of hydrogen-bond acceptors (Lipinski definition) is 5. The van der Waals surface area contributed by atoms with E-state index in [9.17, 15) is 4.79 Å². The third-order valence-electron chi connectivity index (χ3n) is 5.10. The van der Waals surface area contributed by atoms with Crippen LogP contribution in [-0.2, 0) is 6.54 Å². The zero-order valence-corrected chi connectivity index (χ0v) is 17.8. The Morgan fingerprint density at radius 3 is 2.71 bits per heavy atom. The van der Waals surface area contributed by atoms with Gasteiger partial charge in [0.05, 0.1) is 33.4 Å². The Morgan fingerprint density at radius 2 is 1.97 bits per heavy atom. The Morgan fingerprint density at radius 1 is 1.23 bits per heavy atom. The molecule has 2 aromatic carbocycles. The third kappa shape index (κ3) is 3.44. The van der Waals surface area contributed by atoms with Gasteiger partial charge in [-0.15, -0.1) is 6.58 Å². The number of para-hydroxylation sites is 1. The fourth-order valence-corrected chi connectivity index (χ4v) is 4.64. The summed E-state index contributed by atoms with van der Waals surface area (Å²) in [5.41, 5.74) is 3.04. The molecule has 0 saturated carbocycles. The van der Waals surface area contributed by atoms with Crippen LogP contribution in [0.15, 0.2) is 66.3 Å². The molecular formula is C23H20N4O3S. The number of fused-ring (bicyclic) bond motifs is 2. The van der Waals surface area contributed by atoms with Gasteiger partial charge in [-0.05, 0) is 19.1 Å². The molecule has 156 valence electrons. The van der Waals surface area contributed by atoms with Crippen molar-refractivity contribution in [3.8, 4) is 17.2 Å². The second-order valence-electron chi connectivity index (χ2n) is 7.06. The highest BCUT2D eigenvalue weighted by Crippen LogP contribution is 2.35. The van der Waals surface area contributed by atoms with Crippen LogP contribution >= 0.6 is 11.3 Å². The number of allylic oxidation sites excluding steroid dienone is 1. The quantitative estimate of drug-likeness (QED) is 0.459. The van der Waals surface area contributed by atoms with Crippen molar-refractivity contribution in [2.75, 3.05) is 13.2 Å². The molecule has 2 aromatic heterocycles. The number of carbonyl (C=O) groups excluding carboxylic acids is 1. The van der Waals surface area contributed by atoms with E-state index in [1.807, 2.05) is 54.0 Å². The molecule has 4 aromatic rings.